The highest BCUT2D eigenvalue weighted by Crippen LogP contribution is 2.08. The Labute approximate surface area is 57.7 Å². The van der Waals surface area contributed by atoms with Crippen molar-refractivity contribution in [3.05, 3.63) is 17.4 Å². The molecular formula is C7H11OP. The van der Waals surface area contributed by atoms with Crippen LogP contribution in [0.15, 0.2) is 10.5 Å². The summed E-state index contributed by atoms with van der Waals surface area (Å²) in [4.78, 5) is 0. The quantitative estimate of drug-likeness (QED) is 0.543. The van der Waals surface area contributed by atoms with Crippen LogP contribution in [0.25, 0.3) is 0 Å². The molecule has 0 aliphatic rings. The van der Waals surface area contributed by atoms with E-state index in [1.54, 1.807) is 0 Å². The first kappa shape index (κ1) is 6.82. The van der Waals surface area contributed by atoms with Crippen molar-refractivity contribution in [3.63, 3.8) is 0 Å². The molecule has 0 aliphatic heterocycles. The largest absolute Gasteiger partial charge is 0.462 e. The smallest absolute Gasteiger partial charge is 0.119 e. The fourth-order valence-corrected chi connectivity index (χ4v) is 1.27. The minimum atomic E-state index is 0.935. The van der Waals surface area contributed by atoms with E-state index in [1.807, 2.05) is 6.92 Å². The summed E-state index contributed by atoms with van der Waals surface area (Å²) in [5.74, 6) is 1.04. The maximum atomic E-state index is 5.27. The molecule has 0 radical (unpaired) electrons. The van der Waals surface area contributed by atoms with Crippen molar-refractivity contribution in [1.82, 2.24) is 0 Å². The van der Waals surface area contributed by atoms with Crippen molar-refractivity contribution in [2.45, 2.75) is 20.3 Å². The Balaban J connectivity index is 3.01. The second kappa shape index (κ2) is 2.53. The first-order valence-corrected chi connectivity index (χ1v) is 3.66. The summed E-state index contributed by atoms with van der Waals surface area (Å²) in [5, 5.41) is 0. The van der Waals surface area contributed by atoms with Gasteiger partial charge >= 0.3 is 0 Å². The van der Waals surface area contributed by atoms with E-state index in [0.717, 1.165) is 17.7 Å². The molecule has 1 nitrogen and oxygen atoms in total. The number of hydrogen-bond donors (Lipinski definition) is 0. The van der Waals surface area contributed by atoms with Gasteiger partial charge in [-0.1, -0.05) is 16.2 Å². The predicted octanol–water partition coefficient (Wildman–Crippen LogP) is 1.65. The van der Waals surface area contributed by atoms with Crippen LogP contribution in [0.5, 0.6) is 0 Å². The zero-order chi connectivity index (χ0) is 6.85. The molecule has 9 heavy (non-hydrogen) atoms. The topological polar surface area (TPSA) is 13.1 Å². The van der Waals surface area contributed by atoms with Crippen LogP contribution in [-0.2, 0) is 6.42 Å². The predicted molar refractivity (Wildman–Crippen MR) is 42.2 cm³/mol. The van der Waals surface area contributed by atoms with Crippen LogP contribution >= 0.6 is 9.24 Å². The molecule has 2 heteroatoms. The minimum absolute atomic E-state index is 0.935. The highest BCUT2D eigenvalue weighted by atomic mass is 31.0. The molecule has 1 rings (SSSR count). The average Bonchev–Trinajstić information content (AvgIpc) is 2.10. The lowest BCUT2D eigenvalue weighted by atomic mass is 10.2. The Kier molecular flexibility index (Phi) is 1.92. The van der Waals surface area contributed by atoms with Gasteiger partial charge in [-0.2, -0.15) is 0 Å². The maximum absolute atomic E-state index is 5.27. The van der Waals surface area contributed by atoms with Crippen molar-refractivity contribution in [3.8, 4) is 0 Å². The van der Waals surface area contributed by atoms with Crippen LogP contribution in [0.2, 0.25) is 0 Å². The van der Waals surface area contributed by atoms with E-state index in [0.29, 0.717) is 0 Å². The van der Waals surface area contributed by atoms with E-state index in [9.17, 15) is 0 Å². The molecule has 1 aromatic heterocycles. The molecule has 0 saturated carbocycles. The second-order valence-electron chi connectivity index (χ2n) is 2.08. The van der Waals surface area contributed by atoms with E-state index >= 15 is 0 Å². The normalized spacial score (nSPS) is 10.1. The molecule has 1 unspecified atom stereocenters. The van der Waals surface area contributed by atoms with Crippen molar-refractivity contribution >= 4 is 14.7 Å². The van der Waals surface area contributed by atoms with Gasteiger partial charge in [-0.3, -0.25) is 0 Å². The van der Waals surface area contributed by atoms with Gasteiger partial charge in [0.25, 0.3) is 0 Å². The molecule has 0 saturated heterocycles. The fourth-order valence-electron chi connectivity index (χ4n) is 0.896. The summed E-state index contributed by atoms with van der Waals surface area (Å²) in [6, 6.07) is 2.06. The molecule has 50 valence electrons. The summed E-state index contributed by atoms with van der Waals surface area (Å²) in [6.07, 6.45) is 1.06. The van der Waals surface area contributed by atoms with Gasteiger partial charge in [0.05, 0.1) is 0 Å². The van der Waals surface area contributed by atoms with E-state index < -0.39 is 0 Å². The van der Waals surface area contributed by atoms with Gasteiger partial charge < -0.3 is 4.42 Å². The van der Waals surface area contributed by atoms with Crippen LogP contribution in [-0.4, -0.2) is 0 Å². The Bertz CT molecular complexity index is 203. The van der Waals surface area contributed by atoms with Crippen molar-refractivity contribution in [1.29, 1.82) is 0 Å². The van der Waals surface area contributed by atoms with Crippen LogP contribution in [0, 0.1) is 6.92 Å². The molecular weight excluding hydrogens is 131 g/mol. The molecule has 0 spiro atoms. The monoisotopic (exact) mass is 142 g/mol. The van der Waals surface area contributed by atoms with Crippen molar-refractivity contribution < 1.29 is 4.42 Å². The van der Waals surface area contributed by atoms with E-state index in [2.05, 4.69) is 22.2 Å². The van der Waals surface area contributed by atoms with Crippen LogP contribution in [0.3, 0.4) is 0 Å². The average molecular weight is 142 g/mol. The third-order valence-electron chi connectivity index (χ3n) is 1.42. The second-order valence-corrected chi connectivity index (χ2v) is 2.65. The summed E-state index contributed by atoms with van der Waals surface area (Å²) >= 11 is 0. The van der Waals surface area contributed by atoms with Gasteiger partial charge in [0.1, 0.15) is 11.3 Å². The SMILES string of the molecule is CCc1cc(P)oc1C. The summed E-state index contributed by atoms with van der Waals surface area (Å²) in [7, 11) is 2.55. The van der Waals surface area contributed by atoms with Gasteiger partial charge in [-0.25, -0.2) is 0 Å². The van der Waals surface area contributed by atoms with Crippen molar-refractivity contribution in [2.24, 2.45) is 0 Å². The summed E-state index contributed by atoms with van der Waals surface area (Å²) in [5.41, 5.74) is 2.24. The van der Waals surface area contributed by atoms with E-state index in [1.165, 1.54) is 5.56 Å². The Morgan fingerprint density at radius 3 is 2.56 bits per heavy atom. The number of aryl methyl sites for hydroxylation is 2. The molecule has 1 atom stereocenters. The molecule has 1 aromatic rings. The molecule has 0 aromatic carbocycles. The van der Waals surface area contributed by atoms with Gasteiger partial charge in [0.15, 0.2) is 0 Å². The van der Waals surface area contributed by atoms with Gasteiger partial charge in [0.2, 0.25) is 0 Å². The first-order valence-electron chi connectivity index (χ1n) is 3.08. The lowest BCUT2D eigenvalue weighted by Gasteiger charge is -1.86. The van der Waals surface area contributed by atoms with Gasteiger partial charge in [0, 0.05) is 0 Å². The Morgan fingerprint density at radius 1 is 1.67 bits per heavy atom. The number of rotatable bonds is 1. The lowest BCUT2D eigenvalue weighted by molar-refractivity contribution is 0.563. The highest BCUT2D eigenvalue weighted by Gasteiger charge is 1.99. The summed E-state index contributed by atoms with van der Waals surface area (Å²) < 4.78 is 5.27. The molecule has 0 amide bonds. The number of furan rings is 1. The Morgan fingerprint density at radius 2 is 2.33 bits per heavy atom. The third kappa shape index (κ3) is 1.34. The van der Waals surface area contributed by atoms with E-state index in [4.69, 9.17) is 4.42 Å². The standard InChI is InChI=1S/C7H11OP/c1-3-6-4-7(9)8-5(6)2/h4H,3,9H2,1-2H3. The third-order valence-corrected chi connectivity index (χ3v) is 1.71. The minimum Gasteiger partial charge on any atom is -0.462 e. The van der Waals surface area contributed by atoms with Crippen LogP contribution in [0.4, 0.5) is 0 Å². The molecule has 0 bridgehead atoms. The zero-order valence-electron chi connectivity index (χ0n) is 5.77. The number of hydrogen-bond acceptors (Lipinski definition) is 1. The van der Waals surface area contributed by atoms with Gasteiger partial charge in [-0.15, -0.1) is 0 Å². The van der Waals surface area contributed by atoms with Crippen LogP contribution in [0.1, 0.15) is 18.2 Å². The van der Waals surface area contributed by atoms with Crippen molar-refractivity contribution in [2.75, 3.05) is 0 Å². The zero-order valence-corrected chi connectivity index (χ0v) is 6.92. The highest BCUT2D eigenvalue weighted by molar-refractivity contribution is 7.26. The molecule has 0 N–H and O–H groups in total. The van der Waals surface area contributed by atoms with Gasteiger partial charge in [-0.05, 0) is 25.0 Å². The van der Waals surface area contributed by atoms with E-state index in [-0.39, 0.29) is 0 Å². The molecule has 0 fully saturated rings. The Hall–Kier alpha value is -0.290. The summed E-state index contributed by atoms with van der Waals surface area (Å²) in [6.45, 7) is 4.12. The first-order chi connectivity index (χ1) is 4.24. The molecule has 0 aliphatic carbocycles. The lowest BCUT2D eigenvalue weighted by Crippen LogP contribution is -1.78. The fraction of sp³-hybridized carbons (Fsp3) is 0.429. The molecule has 1 heterocycles. The maximum Gasteiger partial charge on any atom is 0.119 e. The van der Waals surface area contributed by atoms with Crippen LogP contribution < -0.4 is 5.50 Å².